The van der Waals surface area contributed by atoms with Crippen molar-refractivity contribution < 1.29 is 0 Å². The van der Waals surface area contributed by atoms with Crippen LogP contribution in [0.15, 0.2) is 11.6 Å². The number of alkyl halides is 1. The van der Waals surface area contributed by atoms with E-state index < -0.39 is 0 Å². The minimum absolute atomic E-state index is 0.465. The molecule has 2 unspecified atom stereocenters. The van der Waals surface area contributed by atoms with E-state index in [4.69, 9.17) is 11.6 Å². The van der Waals surface area contributed by atoms with Gasteiger partial charge in [-0.15, -0.1) is 0 Å². The van der Waals surface area contributed by atoms with Crippen LogP contribution in [-0.4, -0.2) is 5.33 Å². The van der Waals surface area contributed by atoms with E-state index in [1.807, 2.05) is 0 Å². The first-order chi connectivity index (χ1) is 5.65. The summed E-state index contributed by atoms with van der Waals surface area (Å²) >= 11 is 9.48. The second-order valence-electron chi connectivity index (χ2n) is 4.49. The highest BCUT2D eigenvalue weighted by Crippen LogP contribution is 2.62. The van der Waals surface area contributed by atoms with Gasteiger partial charge >= 0.3 is 0 Å². The molecule has 0 aromatic heterocycles. The van der Waals surface area contributed by atoms with Crippen molar-refractivity contribution in [1.82, 2.24) is 0 Å². The second kappa shape index (κ2) is 3.02. The van der Waals surface area contributed by atoms with E-state index >= 15 is 0 Å². The molecule has 68 valence electrons. The maximum absolute atomic E-state index is 5.87. The van der Waals surface area contributed by atoms with E-state index in [1.54, 1.807) is 0 Å². The van der Waals surface area contributed by atoms with Crippen molar-refractivity contribution in [3.8, 4) is 0 Å². The van der Waals surface area contributed by atoms with Gasteiger partial charge in [-0.1, -0.05) is 34.1 Å². The van der Waals surface area contributed by atoms with Gasteiger partial charge in [0.1, 0.15) is 0 Å². The van der Waals surface area contributed by atoms with Crippen LogP contribution in [-0.2, 0) is 0 Å². The van der Waals surface area contributed by atoms with Gasteiger partial charge in [0, 0.05) is 10.4 Å². The van der Waals surface area contributed by atoms with E-state index in [0.717, 1.165) is 28.6 Å². The van der Waals surface area contributed by atoms with Gasteiger partial charge in [-0.3, -0.25) is 0 Å². The Morgan fingerprint density at radius 2 is 2.08 bits per heavy atom. The molecule has 2 rings (SSSR count). The zero-order valence-corrected chi connectivity index (χ0v) is 9.50. The summed E-state index contributed by atoms with van der Waals surface area (Å²) in [4.78, 5) is 0. The Morgan fingerprint density at radius 3 is 2.50 bits per heavy atom. The second-order valence-corrected chi connectivity index (χ2v) is 5.59. The predicted molar refractivity (Wildman–Crippen MR) is 56.7 cm³/mol. The number of fused-ring (bicyclic) bond motifs is 1. The summed E-state index contributed by atoms with van der Waals surface area (Å²) in [5.74, 6) is 2.05. The van der Waals surface area contributed by atoms with E-state index in [-0.39, 0.29) is 0 Å². The minimum Gasteiger partial charge on any atom is -0.0922 e. The van der Waals surface area contributed by atoms with Gasteiger partial charge < -0.3 is 0 Å². The zero-order chi connectivity index (χ0) is 8.77. The Hall–Kier alpha value is 0.510. The molecule has 0 aromatic carbocycles. The van der Waals surface area contributed by atoms with Gasteiger partial charge in [-0.2, -0.15) is 0 Å². The van der Waals surface area contributed by atoms with Crippen LogP contribution in [0.1, 0.15) is 25.7 Å². The molecule has 0 saturated heterocycles. The number of halogens is 2. The lowest BCUT2D eigenvalue weighted by Gasteiger charge is -2.28. The molecule has 2 fully saturated rings. The van der Waals surface area contributed by atoms with Crippen molar-refractivity contribution in [3.05, 3.63) is 11.6 Å². The van der Waals surface area contributed by atoms with Gasteiger partial charge in [-0.05, 0) is 42.9 Å². The summed E-state index contributed by atoms with van der Waals surface area (Å²) in [5.41, 5.74) is 0.465. The monoisotopic (exact) mass is 248 g/mol. The lowest BCUT2D eigenvalue weighted by molar-refractivity contribution is 0.312. The fraction of sp³-hybridized carbons (Fsp3) is 0.800. The highest BCUT2D eigenvalue weighted by molar-refractivity contribution is 9.09. The first-order valence-corrected chi connectivity index (χ1v) is 6.04. The molecule has 2 aliphatic carbocycles. The Balaban J connectivity index is 2.00. The van der Waals surface area contributed by atoms with Crippen LogP contribution in [0, 0.1) is 17.3 Å². The van der Waals surface area contributed by atoms with Gasteiger partial charge in [0.25, 0.3) is 0 Å². The molecule has 0 radical (unpaired) electrons. The lowest BCUT2D eigenvalue weighted by Crippen LogP contribution is -2.20. The van der Waals surface area contributed by atoms with Gasteiger partial charge in [0.15, 0.2) is 0 Å². The van der Waals surface area contributed by atoms with Crippen LogP contribution in [0.2, 0.25) is 0 Å². The van der Waals surface area contributed by atoms with Crippen molar-refractivity contribution in [2.45, 2.75) is 25.7 Å². The molecule has 0 aliphatic heterocycles. The Bertz CT molecular complexity index is 202. The van der Waals surface area contributed by atoms with Crippen molar-refractivity contribution >= 4 is 27.5 Å². The smallest absolute Gasteiger partial charge is 0.0115 e. The molecule has 2 aliphatic rings. The molecular formula is C10H14BrCl. The third-order valence-electron chi connectivity index (χ3n) is 3.31. The number of hydrogen-bond donors (Lipinski definition) is 0. The van der Waals surface area contributed by atoms with Crippen LogP contribution in [0.3, 0.4) is 0 Å². The first-order valence-electron chi connectivity index (χ1n) is 4.54. The fourth-order valence-corrected chi connectivity index (χ4v) is 3.65. The maximum atomic E-state index is 5.87. The number of rotatable bonds is 3. The molecule has 0 aromatic rings. The van der Waals surface area contributed by atoms with Crippen LogP contribution in [0.4, 0.5) is 0 Å². The summed E-state index contributed by atoms with van der Waals surface area (Å²) in [5, 5.41) is 1.93. The molecule has 0 N–H and O–H groups in total. The van der Waals surface area contributed by atoms with Crippen molar-refractivity contribution in [2.24, 2.45) is 17.3 Å². The normalized spacial score (nSPS) is 44.2. The van der Waals surface area contributed by atoms with Crippen LogP contribution in [0.5, 0.6) is 0 Å². The first kappa shape index (κ1) is 9.08. The summed E-state index contributed by atoms with van der Waals surface area (Å²) < 4.78 is 0. The van der Waals surface area contributed by atoms with E-state index in [0.29, 0.717) is 5.41 Å². The molecule has 2 atom stereocenters. The fourth-order valence-electron chi connectivity index (χ4n) is 2.71. The zero-order valence-electron chi connectivity index (χ0n) is 7.15. The van der Waals surface area contributed by atoms with Crippen molar-refractivity contribution in [3.63, 3.8) is 0 Å². The van der Waals surface area contributed by atoms with E-state index in [9.17, 15) is 0 Å². The summed E-state index contributed by atoms with van der Waals surface area (Å²) in [6.07, 6.45) is 5.22. The molecule has 0 spiro atoms. The molecular weight excluding hydrogens is 235 g/mol. The van der Waals surface area contributed by atoms with Gasteiger partial charge in [-0.25, -0.2) is 0 Å². The third kappa shape index (κ3) is 1.58. The average Bonchev–Trinajstić information content (AvgIpc) is 2.59. The topological polar surface area (TPSA) is 0 Å². The number of hydrogen-bond acceptors (Lipinski definition) is 0. The standard InChI is InChI=1S/C10H14BrCl/c1-7(12)3-10(6-11)4-8-2-9(8)5-10/h8-9H,1-6H2. The van der Waals surface area contributed by atoms with Crippen molar-refractivity contribution in [1.29, 1.82) is 0 Å². The van der Waals surface area contributed by atoms with Gasteiger partial charge in [0.05, 0.1) is 0 Å². The van der Waals surface area contributed by atoms with Crippen LogP contribution in [0.25, 0.3) is 0 Å². The predicted octanol–water partition coefficient (Wildman–Crippen LogP) is 3.94. The maximum Gasteiger partial charge on any atom is 0.0115 e. The highest BCUT2D eigenvalue weighted by atomic mass is 79.9. The minimum atomic E-state index is 0.465. The van der Waals surface area contributed by atoms with Crippen LogP contribution < -0.4 is 0 Å². The average molecular weight is 250 g/mol. The molecule has 0 heterocycles. The number of allylic oxidation sites excluding steroid dienone is 1. The summed E-state index contributed by atoms with van der Waals surface area (Å²) in [6, 6.07) is 0. The Labute approximate surface area is 87.5 Å². The summed E-state index contributed by atoms with van der Waals surface area (Å²) in [6.45, 7) is 3.80. The molecule has 0 nitrogen and oxygen atoms in total. The lowest BCUT2D eigenvalue weighted by atomic mass is 9.82. The molecule has 2 heteroatoms. The third-order valence-corrected chi connectivity index (χ3v) is 4.63. The van der Waals surface area contributed by atoms with E-state index in [1.165, 1.54) is 19.3 Å². The SMILES string of the molecule is C=C(Cl)CC1(CBr)CC2CC2C1. The molecule has 0 bridgehead atoms. The molecule has 0 amide bonds. The Kier molecular flexibility index (Phi) is 2.29. The van der Waals surface area contributed by atoms with E-state index in [2.05, 4.69) is 22.5 Å². The van der Waals surface area contributed by atoms with Gasteiger partial charge in [0.2, 0.25) is 0 Å². The summed E-state index contributed by atoms with van der Waals surface area (Å²) in [7, 11) is 0. The largest absolute Gasteiger partial charge is 0.0922 e. The Morgan fingerprint density at radius 1 is 1.50 bits per heavy atom. The quantitative estimate of drug-likeness (QED) is 0.665. The van der Waals surface area contributed by atoms with Crippen molar-refractivity contribution in [2.75, 3.05) is 5.33 Å². The molecule has 2 saturated carbocycles. The molecule has 12 heavy (non-hydrogen) atoms. The highest BCUT2D eigenvalue weighted by Gasteiger charge is 2.52. The van der Waals surface area contributed by atoms with Crippen LogP contribution >= 0.6 is 27.5 Å².